The van der Waals surface area contributed by atoms with Gasteiger partial charge in [-0.25, -0.2) is 8.42 Å². The van der Waals surface area contributed by atoms with Gasteiger partial charge in [0.15, 0.2) is 5.82 Å². The molecule has 110 valence electrons. The van der Waals surface area contributed by atoms with E-state index in [1.54, 1.807) is 13.8 Å². The van der Waals surface area contributed by atoms with Crippen molar-refractivity contribution in [3.63, 3.8) is 0 Å². The molecule has 0 amide bonds. The van der Waals surface area contributed by atoms with Gasteiger partial charge >= 0.3 is 6.18 Å². The van der Waals surface area contributed by atoms with E-state index in [1.165, 1.54) is 0 Å². The third-order valence-corrected chi connectivity index (χ3v) is 3.10. The lowest BCUT2D eigenvalue weighted by Crippen LogP contribution is -2.18. The monoisotopic (exact) mass is 321 g/mol. The van der Waals surface area contributed by atoms with Crippen LogP contribution in [0, 0.1) is 0 Å². The first kappa shape index (κ1) is 16.2. The molecule has 0 unspecified atom stereocenters. The van der Waals surface area contributed by atoms with Crippen molar-refractivity contribution in [1.82, 2.24) is 14.8 Å². The molecule has 1 heterocycles. The van der Waals surface area contributed by atoms with Crippen molar-refractivity contribution in [2.24, 2.45) is 0 Å². The summed E-state index contributed by atoms with van der Waals surface area (Å²) in [4.78, 5) is 0. The highest BCUT2D eigenvalue weighted by molar-refractivity contribution is 8.13. The van der Waals surface area contributed by atoms with Crippen LogP contribution in [0.3, 0.4) is 0 Å². The molecule has 0 fully saturated rings. The van der Waals surface area contributed by atoms with Gasteiger partial charge in [0.2, 0.25) is 0 Å². The van der Waals surface area contributed by atoms with Crippen molar-refractivity contribution in [2.75, 3.05) is 6.61 Å². The molecule has 0 radical (unpaired) electrons. The van der Waals surface area contributed by atoms with Crippen LogP contribution in [0.1, 0.15) is 25.7 Å². The van der Waals surface area contributed by atoms with E-state index in [-0.39, 0.29) is 5.82 Å². The van der Waals surface area contributed by atoms with Gasteiger partial charge < -0.3 is 4.74 Å². The fraction of sp³-hybridized carbons (Fsp3) is 0.750. The minimum atomic E-state index is -4.47. The molecular formula is C8H11ClF3N3O3S. The molecular weight excluding hydrogens is 311 g/mol. The number of aromatic nitrogens is 3. The molecule has 6 nitrogen and oxygen atoms in total. The van der Waals surface area contributed by atoms with Crippen LogP contribution >= 0.6 is 10.7 Å². The number of nitrogens with zero attached hydrogens (tertiary/aromatic N) is 3. The molecule has 0 atom stereocenters. The zero-order valence-electron chi connectivity index (χ0n) is 9.98. The Morgan fingerprint density at radius 3 is 2.37 bits per heavy atom. The number of ether oxygens (including phenoxy) is 1. The number of hydrogen-bond donors (Lipinski definition) is 0. The third-order valence-electron chi connectivity index (χ3n) is 1.97. The van der Waals surface area contributed by atoms with Gasteiger partial charge in [-0.05, 0) is 13.8 Å². The fourth-order valence-corrected chi connectivity index (χ4v) is 2.35. The lowest BCUT2D eigenvalue weighted by Gasteiger charge is -2.13. The van der Waals surface area contributed by atoms with E-state index >= 15 is 0 Å². The van der Waals surface area contributed by atoms with Gasteiger partial charge in [0.25, 0.3) is 14.2 Å². The maximum absolute atomic E-state index is 11.9. The summed E-state index contributed by atoms with van der Waals surface area (Å²) in [7, 11) is 1.03. The average molecular weight is 322 g/mol. The molecule has 0 N–H and O–H groups in total. The Balaban J connectivity index is 2.94. The number of alkyl halides is 3. The van der Waals surface area contributed by atoms with E-state index in [4.69, 9.17) is 10.7 Å². The Morgan fingerprint density at radius 2 is 1.95 bits per heavy atom. The highest BCUT2D eigenvalue weighted by Gasteiger charge is 2.29. The maximum Gasteiger partial charge on any atom is 0.411 e. The molecule has 0 saturated heterocycles. The van der Waals surface area contributed by atoms with Gasteiger partial charge in [-0.15, -0.1) is 10.2 Å². The van der Waals surface area contributed by atoms with Crippen molar-refractivity contribution >= 4 is 19.7 Å². The normalized spacial score (nSPS) is 13.2. The van der Waals surface area contributed by atoms with Gasteiger partial charge in [-0.2, -0.15) is 13.2 Å². The van der Waals surface area contributed by atoms with Gasteiger partial charge in [-0.3, -0.25) is 4.57 Å². The van der Waals surface area contributed by atoms with Gasteiger partial charge in [0, 0.05) is 16.7 Å². The predicted molar refractivity (Wildman–Crippen MR) is 59.2 cm³/mol. The zero-order chi connectivity index (χ0) is 14.8. The summed E-state index contributed by atoms with van der Waals surface area (Å²) < 4.78 is 63.8. The molecule has 0 aliphatic carbocycles. The molecule has 11 heteroatoms. The first-order chi connectivity index (χ1) is 8.52. The highest BCUT2D eigenvalue weighted by atomic mass is 35.7. The van der Waals surface area contributed by atoms with Crippen LogP contribution in [0.4, 0.5) is 13.2 Å². The molecule has 0 aliphatic heterocycles. The van der Waals surface area contributed by atoms with Gasteiger partial charge in [-0.1, -0.05) is 0 Å². The Kier molecular flexibility index (Phi) is 4.80. The highest BCUT2D eigenvalue weighted by Crippen LogP contribution is 2.20. The lowest BCUT2D eigenvalue weighted by molar-refractivity contribution is -0.177. The molecule has 1 rings (SSSR count). The summed E-state index contributed by atoms with van der Waals surface area (Å²) in [5.74, 6) is -0.0431. The summed E-state index contributed by atoms with van der Waals surface area (Å²) in [5.41, 5.74) is 0. The zero-order valence-corrected chi connectivity index (χ0v) is 11.6. The van der Waals surface area contributed by atoms with E-state index in [9.17, 15) is 21.6 Å². The standard InChI is InChI=1S/C8H11ClF3N3O3S/c1-5(2)15-6(3-18-4-8(10,11)12)13-14-7(15)19(9,16)17/h5H,3-4H2,1-2H3. The summed E-state index contributed by atoms with van der Waals surface area (Å²) in [6.45, 7) is 1.25. The van der Waals surface area contributed by atoms with Gasteiger partial charge in [0.1, 0.15) is 13.2 Å². The average Bonchev–Trinajstić information content (AvgIpc) is 2.58. The Bertz CT molecular complexity index is 541. The van der Waals surface area contributed by atoms with E-state index in [2.05, 4.69) is 14.9 Å². The Hall–Kier alpha value is -0.870. The second-order valence-electron chi connectivity index (χ2n) is 3.91. The van der Waals surface area contributed by atoms with Crippen molar-refractivity contribution in [3.05, 3.63) is 5.82 Å². The summed E-state index contributed by atoms with van der Waals surface area (Å²) in [6, 6.07) is -0.400. The van der Waals surface area contributed by atoms with Crippen molar-refractivity contribution in [2.45, 2.75) is 37.8 Å². The number of hydrogen-bond acceptors (Lipinski definition) is 5. The van der Waals surface area contributed by atoms with Crippen LogP contribution in [0.25, 0.3) is 0 Å². The van der Waals surface area contributed by atoms with E-state index < -0.39 is 39.6 Å². The second-order valence-corrected chi connectivity index (χ2v) is 6.37. The number of halogens is 4. The molecule has 0 aromatic carbocycles. The minimum absolute atomic E-state index is 0.0431. The molecule has 19 heavy (non-hydrogen) atoms. The van der Waals surface area contributed by atoms with E-state index in [0.29, 0.717) is 0 Å². The first-order valence-electron chi connectivity index (χ1n) is 5.05. The molecule has 0 bridgehead atoms. The maximum atomic E-state index is 11.9. The van der Waals surface area contributed by atoms with Crippen molar-refractivity contribution in [1.29, 1.82) is 0 Å². The van der Waals surface area contributed by atoms with Crippen LogP contribution in [-0.2, 0) is 20.4 Å². The topological polar surface area (TPSA) is 74.1 Å². The van der Waals surface area contributed by atoms with Crippen molar-refractivity contribution < 1.29 is 26.3 Å². The van der Waals surface area contributed by atoms with Crippen LogP contribution in [0.2, 0.25) is 0 Å². The third kappa shape index (κ3) is 4.62. The van der Waals surface area contributed by atoms with E-state index in [0.717, 1.165) is 4.57 Å². The largest absolute Gasteiger partial charge is 0.411 e. The quantitative estimate of drug-likeness (QED) is 0.774. The number of rotatable bonds is 5. The predicted octanol–water partition coefficient (Wildman–Crippen LogP) is 1.87. The minimum Gasteiger partial charge on any atom is -0.364 e. The lowest BCUT2D eigenvalue weighted by atomic mass is 10.4. The molecule has 0 saturated carbocycles. The first-order valence-corrected chi connectivity index (χ1v) is 7.36. The summed E-state index contributed by atoms with van der Waals surface area (Å²) >= 11 is 0. The van der Waals surface area contributed by atoms with Crippen LogP contribution in [-0.4, -0.2) is 36.0 Å². The Morgan fingerprint density at radius 1 is 1.37 bits per heavy atom. The van der Waals surface area contributed by atoms with E-state index in [1.807, 2.05) is 0 Å². The van der Waals surface area contributed by atoms with Crippen LogP contribution in [0.15, 0.2) is 5.16 Å². The smallest absolute Gasteiger partial charge is 0.364 e. The molecule has 1 aromatic rings. The van der Waals surface area contributed by atoms with Crippen LogP contribution < -0.4 is 0 Å². The summed E-state index contributed by atoms with van der Waals surface area (Å²) in [6.07, 6.45) is -4.47. The molecule has 0 aliphatic rings. The fourth-order valence-electron chi connectivity index (χ4n) is 1.35. The second kappa shape index (κ2) is 5.63. The van der Waals surface area contributed by atoms with Crippen molar-refractivity contribution in [3.8, 4) is 0 Å². The Labute approximate surface area is 111 Å². The SMILES string of the molecule is CC(C)n1c(COCC(F)(F)F)nnc1S(=O)(=O)Cl. The van der Waals surface area contributed by atoms with Crippen LogP contribution in [0.5, 0.6) is 0 Å². The molecule has 1 aromatic heterocycles. The summed E-state index contributed by atoms with van der Waals surface area (Å²) in [5, 5.41) is 6.32. The molecule has 0 spiro atoms. The van der Waals surface area contributed by atoms with Gasteiger partial charge in [0.05, 0.1) is 0 Å².